The van der Waals surface area contributed by atoms with E-state index in [1.165, 1.54) is 4.88 Å². The van der Waals surface area contributed by atoms with Gasteiger partial charge >= 0.3 is 0 Å². The molecule has 2 heterocycles. The monoisotopic (exact) mass is 369 g/mol. The van der Waals surface area contributed by atoms with Crippen LogP contribution in [0.25, 0.3) is 0 Å². The zero-order valence-corrected chi connectivity index (χ0v) is 14.2. The van der Waals surface area contributed by atoms with Crippen LogP contribution in [0.5, 0.6) is 0 Å². The first kappa shape index (κ1) is 14.8. The Kier molecular flexibility index (Phi) is 5.16. The third-order valence-electron chi connectivity index (χ3n) is 2.99. The zero-order valence-electron chi connectivity index (χ0n) is 10.1. The fourth-order valence-electron chi connectivity index (χ4n) is 1.96. The largest absolute Gasteiger partial charge is 0.281 e. The summed E-state index contributed by atoms with van der Waals surface area (Å²) in [6.45, 7) is 3.32. The molecule has 1 unspecified atom stereocenters. The Bertz CT molecular complexity index is 500. The van der Waals surface area contributed by atoms with E-state index in [-0.39, 0.29) is 11.1 Å². The molecule has 18 heavy (non-hydrogen) atoms. The maximum absolute atomic E-state index is 12.1. The summed E-state index contributed by atoms with van der Waals surface area (Å²) in [5.41, 5.74) is 0. The molecular formula is C11H16BrNO2S3. The average molecular weight is 370 g/mol. The first-order chi connectivity index (χ1) is 8.53. The summed E-state index contributed by atoms with van der Waals surface area (Å²) >= 11 is 6.85. The Balaban J connectivity index is 2.13. The lowest BCUT2D eigenvalue weighted by atomic mass is 10.4. The number of nitrogens with zero attached hydrogens (tertiary/aromatic N) is 1. The van der Waals surface area contributed by atoms with E-state index in [1.54, 1.807) is 30.0 Å². The normalized spacial score (nSPS) is 22.2. The first-order valence-electron chi connectivity index (χ1n) is 5.79. The highest BCUT2D eigenvalue weighted by atomic mass is 79.9. The highest BCUT2D eigenvalue weighted by Crippen LogP contribution is 2.26. The molecule has 3 nitrogen and oxygen atoms in total. The lowest BCUT2D eigenvalue weighted by Crippen LogP contribution is -2.47. The second kappa shape index (κ2) is 6.26. The number of sulfone groups is 1. The minimum absolute atomic E-state index is 0.225. The van der Waals surface area contributed by atoms with Gasteiger partial charge in [0.15, 0.2) is 9.84 Å². The SMILES string of the molecule is CCS(=O)(=O)C1CSCCN1Cc1cc(Br)cs1. The van der Waals surface area contributed by atoms with Crippen LogP contribution in [0.4, 0.5) is 0 Å². The topological polar surface area (TPSA) is 37.4 Å². The number of halogens is 1. The van der Waals surface area contributed by atoms with Crippen LogP contribution in [0.1, 0.15) is 11.8 Å². The lowest BCUT2D eigenvalue weighted by Gasteiger charge is -2.34. The molecule has 1 aromatic heterocycles. The highest BCUT2D eigenvalue weighted by Gasteiger charge is 2.32. The van der Waals surface area contributed by atoms with E-state index in [1.807, 2.05) is 5.38 Å². The van der Waals surface area contributed by atoms with Gasteiger partial charge < -0.3 is 0 Å². The van der Waals surface area contributed by atoms with Crippen molar-refractivity contribution in [3.05, 3.63) is 20.8 Å². The third-order valence-corrected chi connectivity index (χ3v) is 8.00. The van der Waals surface area contributed by atoms with Crippen LogP contribution in [0.2, 0.25) is 0 Å². The molecule has 0 aromatic carbocycles. The van der Waals surface area contributed by atoms with Gasteiger partial charge in [-0.15, -0.1) is 11.3 Å². The van der Waals surface area contributed by atoms with Crippen LogP contribution in [0.3, 0.4) is 0 Å². The van der Waals surface area contributed by atoms with Gasteiger partial charge in [0.1, 0.15) is 5.37 Å². The van der Waals surface area contributed by atoms with Crippen molar-refractivity contribution in [2.45, 2.75) is 18.8 Å². The van der Waals surface area contributed by atoms with E-state index in [4.69, 9.17) is 0 Å². The predicted molar refractivity (Wildman–Crippen MR) is 83.0 cm³/mol. The first-order valence-corrected chi connectivity index (χ1v) is 10.3. The molecule has 7 heteroatoms. The van der Waals surface area contributed by atoms with Crippen LogP contribution in [-0.2, 0) is 16.4 Å². The van der Waals surface area contributed by atoms with Crippen LogP contribution >= 0.6 is 39.0 Å². The molecule has 102 valence electrons. The number of thioether (sulfide) groups is 1. The van der Waals surface area contributed by atoms with Crippen molar-refractivity contribution in [1.29, 1.82) is 0 Å². The fourth-order valence-corrected chi connectivity index (χ4v) is 6.51. The van der Waals surface area contributed by atoms with E-state index in [9.17, 15) is 8.42 Å². The molecule has 1 aliphatic heterocycles. The van der Waals surface area contributed by atoms with Crippen molar-refractivity contribution >= 4 is 48.9 Å². The van der Waals surface area contributed by atoms with Crippen molar-refractivity contribution in [2.24, 2.45) is 0 Å². The van der Waals surface area contributed by atoms with Gasteiger partial charge in [-0.3, -0.25) is 4.90 Å². The number of hydrogen-bond donors (Lipinski definition) is 0. The summed E-state index contributed by atoms with van der Waals surface area (Å²) in [6, 6.07) is 2.07. The van der Waals surface area contributed by atoms with Gasteiger partial charge in [0, 0.05) is 45.1 Å². The second-order valence-electron chi connectivity index (χ2n) is 4.18. The van der Waals surface area contributed by atoms with Crippen molar-refractivity contribution < 1.29 is 8.42 Å². The van der Waals surface area contributed by atoms with Gasteiger partial charge in [-0.05, 0) is 22.0 Å². The quantitative estimate of drug-likeness (QED) is 0.817. The van der Waals surface area contributed by atoms with Gasteiger partial charge in [0.05, 0.1) is 0 Å². The van der Waals surface area contributed by atoms with Crippen molar-refractivity contribution in [3.8, 4) is 0 Å². The molecule has 1 aliphatic rings. The standard InChI is InChI=1S/C11H16BrNO2S3/c1-2-18(14,15)11-8-16-4-3-13(11)6-10-5-9(12)7-17-10/h5,7,11H,2-4,6,8H2,1H3. The van der Waals surface area contributed by atoms with Gasteiger partial charge in [0.2, 0.25) is 0 Å². The Morgan fingerprint density at radius 2 is 2.33 bits per heavy atom. The van der Waals surface area contributed by atoms with Gasteiger partial charge in [-0.1, -0.05) is 6.92 Å². The molecule has 1 atom stereocenters. The molecule has 1 aromatic rings. The summed E-state index contributed by atoms with van der Waals surface area (Å²) in [7, 11) is -2.99. The minimum Gasteiger partial charge on any atom is -0.281 e. The molecule has 1 fully saturated rings. The van der Waals surface area contributed by atoms with Crippen LogP contribution in [0, 0.1) is 0 Å². The minimum atomic E-state index is -2.99. The van der Waals surface area contributed by atoms with Gasteiger partial charge in [-0.2, -0.15) is 11.8 Å². The molecular weight excluding hydrogens is 354 g/mol. The van der Waals surface area contributed by atoms with Gasteiger partial charge in [-0.25, -0.2) is 8.42 Å². The van der Waals surface area contributed by atoms with Crippen LogP contribution < -0.4 is 0 Å². The van der Waals surface area contributed by atoms with E-state index in [2.05, 4.69) is 26.9 Å². The molecule has 0 spiro atoms. The lowest BCUT2D eigenvalue weighted by molar-refractivity contribution is 0.264. The van der Waals surface area contributed by atoms with Crippen LogP contribution in [-0.4, -0.2) is 42.5 Å². The van der Waals surface area contributed by atoms with Crippen molar-refractivity contribution in [1.82, 2.24) is 4.90 Å². The highest BCUT2D eigenvalue weighted by molar-refractivity contribution is 9.10. The summed E-state index contributed by atoms with van der Waals surface area (Å²) in [4.78, 5) is 3.32. The molecule has 0 saturated carbocycles. The smallest absolute Gasteiger partial charge is 0.166 e. The Hall–Kier alpha value is 0.440. The second-order valence-corrected chi connectivity index (χ2v) is 9.69. The molecule has 0 N–H and O–H groups in total. The summed E-state index contributed by atoms with van der Waals surface area (Å²) < 4.78 is 25.3. The number of rotatable bonds is 4. The third kappa shape index (κ3) is 3.50. The Morgan fingerprint density at radius 1 is 1.56 bits per heavy atom. The van der Waals surface area contributed by atoms with E-state index < -0.39 is 9.84 Å². The zero-order chi connectivity index (χ0) is 13.2. The van der Waals surface area contributed by atoms with Crippen molar-refractivity contribution in [2.75, 3.05) is 23.8 Å². The molecule has 2 rings (SSSR count). The Morgan fingerprint density at radius 3 is 2.94 bits per heavy atom. The Labute approximate surface area is 125 Å². The molecule has 0 amide bonds. The predicted octanol–water partition coefficient (Wildman–Crippen LogP) is 2.82. The van der Waals surface area contributed by atoms with E-state index in [0.29, 0.717) is 5.75 Å². The van der Waals surface area contributed by atoms with Gasteiger partial charge in [0.25, 0.3) is 0 Å². The molecule has 0 bridgehead atoms. The van der Waals surface area contributed by atoms with Crippen molar-refractivity contribution in [3.63, 3.8) is 0 Å². The summed E-state index contributed by atoms with van der Waals surface area (Å²) in [5, 5.41) is 1.72. The summed E-state index contributed by atoms with van der Waals surface area (Å²) in [6.07, 6.45) is 0. The molecule has 1 saturated heterocycles. The average Bonchev–Trinajstić information content (AvgIpc) is 2.75. The maximum Gasteiger partial charge on any atom is 0.166 e. The maximum atomic E-state index is 12.1. The van der Waals surface area contributed by atoms with E-state index in [0.717, 1.165) is 23.3 Å². The number of hydrogen-bond acceptors (Lipinski definition) is 5. The van der Waals surface area contributed by atoms with Crippen LogP contribution in [0.15, 0.2) is 15.9 Å². The molecule has 0 radical (unpaired) electrons. The van der Waals surface area contributed by atoms with E-state index >= 15 is 0 Å². The summed E-state index contributed by atoms with van der Waals surface area (Å²) in [5.74, 6) is 1.94. The molecule has 0 aliphatic carbocycles. The fraction of sp³-hybridized carbons (Fsp3) is 0.636. The number of thiophene rings is 1.